The van der Waals surface area contributed by atoms with Gasteiger partial charge in [-0.3, -0.25) is 4.79 Å². The smallest absolute Gasteiger partial charge is 0.230 e. The molecule has 1 aliphatic carbocycles. The largest absolute Gasteiger partial charge is 0.351 e. The van der Waals surface area contributed by atoms with E-state index in [1.54, 1.807) is 0 Å². The van der Waals surface area contributed by atoms with Gasteiger partial charge < -0.3 is 5.32 Å². The maximum absolute atomic E-state index is 11.0. The van der Waals surface area contributed by atoms with Crippen LogP contribution in [0, 0.1) is 0 Å². The molecule has 0 saturated heterocycles. The minimum Gasteiger partial charge on any atom is -0.351 e. The van der Waals surface area contributed by atoms with Crippen molar-refractivity contribution < 1.29 is 4.79 Å². The number of nitrogens with one attached hydrogen (secondary N) is 1. The molecule has 1 amide bonds. The second kappa shape index (κ2) is 5.07. The van der Waals surface area contributed by atoms with Crippen molar-refractivity contribution in [1.82, 2.24) is 5.32 Å². The van der Waals surface area contributed by atoms with Crippen molar-refractivity contribution in [3.8, 4) is 0 Å². The van der Waals surface area contributed by atoms with E-state index in [1.807, 2.05) is 0 Å². The fraction of sp³-hybridized carbons (Fsp3) is 0.875. The van der Waals surface area contributed by atoms with Crippen molar-refractivity contribution in [2.24, 2.45) is 0 Å². The van der Waals surface area contributed by atoms with Gasteiger partial charge in [0.15, 0.2) is 0 Å². The molecule has 70 valence electrons. The monoisotopic (exact) mass is 253 g/mol. The molecule has 0 spiro atoms. The van der Waals surface area contributed by atoms with E-state index in [0.717, 1.165) is 12.8 Å². The van der Waals surface area contributed by atoms with Crippen LogP contribution in [0.5, 0.6) is 0 Å². The first-order valence-electron chi connectivity index (χ1n) is 4.23. The third-order valence-corrected chi connectivity index (χ3v) is 3.18. The van der Waals surface area contributed by atoms with Crippen LogP contribution in [0.4, 0.5) is 0 Å². The first-order valence-corrected chi connectivity index (χ1v) is 5.79. The van der Waals surface area contributed by atoms with Gasteiger partial charge in [0.1, 0.15) is 0 Å². The van der Waals surface area contributed by atoms with Crippen molar-refractivity contribution in [3.63, 3.8) is 0 Å². The van der Waals surface area contributed by atoms with E-state index in [1.165, 1.54) is 12.8 Å². The van der Waals surface area contributed by atoms with Gasteiger partial charge in [-0.15, -0.1) is 11.6 Å². The zero-order valence-electron chi connectivity index (χ0n) is 6.85. The summed E-state index contributed by atoms with van der Waals surface area (Å²) in [5.74, 6) is 0.0348. The minimum absolute atomic E-state index is 0.0348. The molecule has 2 atom stereocenters. The molecule has 1 aliphatic rings. The van der Waals surface area contributed by atoms with Crippen molar-refractivity contribution in [2.45, 2.75) is 37.1 Å². The molecule has 1 rings (SSSR count). The molecule has 0 aromatic carbocycles. The van der Waals surface area contributed by atoms with E-state index < -0.39 is 0 Å². The first kappa shape index (κ1) is 10.3. The Kier molecular flexibility index (Phi) is 4.36. The van der Waals surface area contributed by atoms with Crippen molar-refractivity contribution in [3.05, 3.63) is 0 Å². The Morgan fingerprint density at radius 2 is 2.17 bits per heavy atom. The molecular weight excluding hydrogens is 241 g/mol. The lowest BCUT2D eigenvalue weighted by molar-refractivity contribution is -0.119. The summed E-state index contributed by atoms with van der Waals surface area (Å²) in [4.78, 5) is 11.0. The van der Waals surface area contributed by atoms with Gasteiger partial charge in [0.2, 0.25) is 5.91 Å². The van der Waals surface area contributed by atoms with E-state index in [0.29, 0.717) is 5.33 Å². The molecule has 0 bridgehead atoms. The average Bonchev–Trinajstić information content (AvgIpc) is 2.09. The third-order valence-electron chi connectivity index (χ3n) is 2.15. The van der Waals surface area contributed by atoms with Gasteiger partial charge in [0, 0.05) is 6.04 Å². The lowest BCUT2D eigenvalue weighted by atomic mass is 9.95. The van der Waals surface area contributed by atoms with E-state index in [-0.39, 0.29) is 17.3 Å². The van der Waals surface area contributed by atoms with Crippen molar-refractivity contribution >= 4 is 33.4 Å². The van der Waals surface area contributed by atoms with Crippen LogP contribution in [-0.4, -0.2) is 22.7 Å². The van der Waals surface area contributed by atoms with Gasteiger partial charge >= 0.3 is 0 Å². The Bertz CT molecular complexity index is 165. The lowest BCUT2D eigenvalue weighted by Gasteiger charge is -2.27. The first-order chi connectivity index (χ1) is 5.74. The van der Waals surface area contributed by atoms with Crippen LogP contribution in [0.25, 0.3) is 0 Å². The van der Waals surface area contributed by atoms with E-state index in [9.17, 15) is 4.79 Å². The molecule has 1 saturated carbocycles. The Labute approximate surface area is 86.2 Å². The number of rotatable bonds is 2. The minimum atomic E-state index is 0.0348. The van der Waals surface area contributed by atoms with E-state index in [2.05, 4.69) is 21.2 Å². The Balaban J connectivity index is 2.33. The fourth-order valence-electron chi connectivity index (χ4n) is 1.49. The Morgan fingerprint density at radius 3 is 2.75 bits per heavy atom. The van der Waals surface area contributed by atoms with Crippen molar-refractivity contribution in [1.29, 1.82) is 0 Å². The van der Waals surface area contributed by atoms with E-state index >= 15 is 0 Å². The second-order valence-corrected chi connectivity index (χ2v) is 4.23. The molecule has 0 unspecified atom stereocenters. The van der Waals surface area contributed by atoms with Crippen molar-refractivity contribution in [2.75, 3.05) is 5.33 Å². The summed E-state index contributed by atoms with van der Waals surface area (Å²) in [6.45, 7) is 0. The van der Waals surface area contributed by atoms with Gasteiger partial charge in [0.05, 0.1) is 10.7 Å². The van der Waals surface area contributed by atoms with Gasteiger partial charge in [0.25, 0.3) is 0 Å². The summed E-state index contributed by atoms with van der Waals surface area (Å²) in [5.41, 5.74) is 0. The maximum Gasteiger partial charge on any atom is 0.230 e. The van der Waals surface area contributed by atoms with Crippen LogP contribution in [0.2, 0.25) is 0 Å². The number of alkyl halides is 2. The highest BCUT2D eigenvalue weighted by atomic mass is 79.9. The van der Waals surface area contributed by atoms with Gasteiger partial charge in [-0.1, -0.05) is 28.8 Å². The SMILES string of the molecule is O=C(CBr)N[C@@H]1CCCC[C@H]1Cl. The molecule has 2 nitrogen and oxygen atoms in total. The molecule has 1 N–H and O–H groups in total. The molecule has 0 aromatic rings. The summed E-state index contributed by atoms with van der Waals surface area (Å²) in [6.07, 6.45) is 4.41. The number of amides is 1. The molecule has 0 aliphatic heterocycles. The molecule has 4 heteroatoms. The Morgan fingerprint density at radius 1 is 1.50 bits per heavy atom. The van der Waals surface area contributed by atoms with Crippen LogP contribution in [-0.2, 0) is 4.79 Å². The highest BCUT2D eigenvalue weighted by Gasteiger charge is 2.23. The van der Waals surface area contributed by atoms with Crippen LogP contribution < -0.4 is 5.32 Å². The third kappa shape index (κ3) is 2.94. The van der Waals surface area contributed by atoms with Crippen LogP contribution in [0.3, 0.4) is 0 Å². The number of carbonyl (C=O) groups is 1. The maximum atomic E-state index is 11.0. The zero-order chi connectivity index (χ0) is 8.97. The highest BCUT2D eigenvalue weighted by Crippen LogP contribution is 2.22. The van der Waals surface area contributed by atoms with Crippen LogP contribution in [0.15, 0.2) is 0 Å². The number of halogens is 2. The number of carbonyl (C=O) groups excluding carboxylic acids is 1. The number of hydrogen-bond donors (Lipinski definition) is 1. The number of hydrogen-bond acceptors (Lipinski definition) is 1. The zero-order valence-corrected chi connectivity index (χ0v) is 9.20. The normalized spacial score (nSPS) is 29.8. The van der Waals surface area contributed by atoms with Gasteiger partial charge in [-0.2, -0.15) is 0 Å². The standard InChI is InChI=1S/C8H13BrClNO/c9-5-8(12)11-7-4-2-1-3-6(7)10/h6-7H,1-5H2,(H,11,12)/t6-,7-/m1/s1. The summed E-state index contributed by atoms with van der Waals surface area (Å²) in [6, 6.07) is 0.186. The molecule has 0 radical (unpaired) electrons. The predicted molar refractivity (Wildman–Crippen MR) is 53.8 cm³/mol. The van der Waals surface area contributed by atoms with Gasteiger partial charge in [-0.05, 0) is 12.8 Å². The van der Waals surface area contributed by atoms with E-state index in [4.69, 9.17) is 11.6 Å². The van der Waals surface area contributed by atoms with Crippen LogP contribution >= 0.6 is 27.5 Å². The average molecular weight is 255 g/mol. The van der Waals surface area contributed by atoms with Gasteiger partial charge in [-0.25, -0.2) is 0 Å². The molecule has 12 heavy (non-hydrogen) atoms. The summed E-state index contributed by atoms with van der Waals surface area (Å²) >= 11 is 9.16. The molecule has 0 heterocycles. The van der Waals surface area contributed by atoms with Crippen LogP contribution in [0.1, 0.15) is 25.7 Å². The predicted octanol–water partition coefficient (Wildman–Crippen LogP) is 2.05. The quantitative estimate of drug-likeness (QED) is 0.751. The topological polar surface area (TPSA) is 29.1 Å². The summed E-state index contributed by atoms with van der Waals surface area (Å²) in [5, 5.41) is 3.40. The summed E-state index contributed by atoms with van der Waals surface area (Å²) < 4.78 is 0. The molecule has 1 fully saturated rings. The molecular formula is C8H13BrClNO. The fourth-order valence-corrected chi connectivity index (χ4v) is 2.00. The lowest BCUT2D eigenvalue weighted by Crippen LogP contribution is -2.43. The second-order valence-electron chi connectivity index (χ2n) is 3.11. The Hall–Kier alpha value is 0.240. The summed E-state index contributed by atoms with van der Waals surface area (Å²) in [7, 11) is 0. The molecule has 0 aromatic heterocycles. The highest BCUT2D eigenvalue weighted by molar-refractivity contribution is 9.09.